The Morgan fingerprint density at radius 2 is 2.00 bits per heavy atom. The fourth-order valence-electron chi connectivity index (χ4n) is 1.01. The number of nitrogens with zero attached hydrogens (tertiary/aromatic N) is 2. The predicted molar refractivity (Wildman–Crippen MR) is 44.9 cm³/mol. The lowest BCUT2D eigenvalue weighted by Gasteiger charge is -1.86. The molecule has 0 atom stereocenters. The molecule has 0 saturated carbocycles. The highest BCUT2D eigenvalue weighted by atomic mass is 16.1. The summed E-state index contributed by atoms with van der Waals surface area (Å²) in [4.78, 5) is 18.6. The number of aromatic nitrogens is 2. The largest absolute Gasteiger partial charge is 0.272 e. The average Bonchev–Trinajstić information content (AvgIpc) is 2.32. The first-order valence-electron chi connectivity index (χ1n) is 3.58. The molecule has 58 valence electrons. The molecule has 3 heteroatoms. The molecule has 3 nitrogen and oxygen atoms in total. The first-order chi connectivity index (χ1) is 5.86. The number of fused-ring (bicyclic) bond motifs is 1. The minimum atomic E-state index is -0.233. The molecular weight excluding hydrogens is 152 g/mol. The van der Waals surface area contributed by atoms with Crippen LogP contribution in [0.4, 0.5) is 0 Å². The molecule has 0 N–H and O–H groups in total. The molecular formula is C9H6N2O. The van der Waals surface area contributed by atoms with Gasteiger partial charge in [0, 0.05) is 12.3 Å². The van der Waals surface area contributed by atoms with Crippen LogP contribution in [0, 0.1) is 0 Å². The highest BCUT2D eigenvalue weighted by Crippen LogP contribution is 2.09. The van der Waals surface area contributed by atoms with Gasteiger partial charge in [-0.1, -0.05) is 12.1 Å². The van der Waals surface area contributed by atoms with E-state index in [1.54, 1.807) is 18.3 Å². The van der Waals surface area contributed by atoms with Gasteiger partial charge in [0.25, 0.3) is 5.56 Å². The van der Waals surface area contributed by atoms with Crippen molar-refractivity contribution in [2.24, 2.45) is 0 Å². The van der Waals surface area contributed by atoms with Gasteiger partial charge in [-0.15, -0.1) is 0 Å². The van der Waals surface area contributed by atoms with Crippen LogP contribution in [0.1, 0.15) is 0 Å². The van der Waals surface area contributed by atoms with Crippen LogP contribution in [0.15, 0.2) is 41.3 Å². The molecule has 2 aliphatic heterocycles. The van der Waals surface area contributed by atoms with Crippen molar-refractivity contribution in [1.29, 1.82) is 0 Å². The summed E-state index contributed by atoms with van der Waals surface area (Å²) in [6.07, 6.45) is 1.64. The summed E-state index contributed by atoms with van der Waals surface area (Å²) in [7, 11) is 0. The second-order valence-corrected chi connectivity index (χ2v) is 2.39. The molecule has 0 spiro atoms. The quantitative estimate of drug-likeness (QED) is 0.573. The van der Waals surface area contributed by atoms with Crippen LogP contribution in [0.5, 0.6) is 0 Å². The van der Waals surface area contributed by atoms with Crippen LogP contribution in [0.2, 0.25) is 0 Å². The van der Waals surface area contributed by atoms with Gasteiger partial charge in [-0.2, -0.15) is 0 Å². The van der Waals surface area contributed by atoms with Crippen molar-refractivity contribution in [2.75, 3.05) is 0 Å². The molecule has 12 heavy (non-hydrogen) atoms. The van der Waals surface area contributed by atoms with E-state index in [4.69, 9.17) is 0 Å². The summed E-state index contributed by atoms with van der Waals surface area (Å²) in [5.41, 5.74) is 1.05. The van der Waals surface area contributed by atoms with Gasteiger partial charge in [-0.05, 0) is 12.1 Å². The molecule has 0 aromatic heterocycles. The molecule has 0 radical (unpaired) electrons. The van der Waals surface area contributed by atoms with Crippen molar-refractivity contribution in [1.82, 2.24) is 9.97 Å². The van der Waals surface area contributed by atoms with Crippen LogP contribution in [-0.2, 0) is 0 Å². The second-order valence-electron chi connectivity index (χ2n) is 2.39. The van der Waals surface area contributed by atoms with E-state index in [2.05, 4.69) is 9.97 Å². The Hall–Kier alpha value is -1.77. The molecule has 0 amide bonds. The van der Waals surface area contributed by atoms with Crippen molar-refractivity contribution in [3.05, 3.63) is 46.9 Å². The first kappa shape index (κ1) is 6.91. The standard InChI is InChI=1S/C9H6N2O/c12-9-6-8-7(11-9)4-2-1-3-5-10-8/h1-6H. The van der Waals surface area contributed by atoms with Gasteiger partial charge in [0.1, 0.15) is 0 Å². The van der Waals surface area contributed by atoms with Crippen LogP contribution < -0.4 is 5.56 Å². The molecule has 0 aromatic rings. The Balaban J connectivity index is 2.79. The van der Waals surface area contributed by atoms with Crippen molar-refractivity contribution in [3.8, 4) is 11.4 Å². The number of rotatable bonds is 0. The predicted octanol–water partition coefficient (Wildman–Crippen LogP) is 0.942. The minimum Gasteiger partial charge on any atom is -0.267 e. The fourth-order valence-corrected chi connectivity index (χ4v) is 1.01. The molecule has 2 rings (SSSR count). The van der Waals surface area contributed by atoms with E-state index in [9.17, 15) is 4.79 Å². The lowest BCUT2D eigenvalue weighted by molar-refractivity contribution is 1.29. The van der Waals surface area contributed by atoms with Crippen molar-refractivity contribution >= 4 is 0 Å². The van der Waals surface area contributed by atoms with E-state index in [0.717, 1.165) is 0 Å². The highest BCUT2D eigenvalue weighted by Gasteiger charge is 2.03. The van der Waals surface area contributed by atoms with Gasteiger partial charge in [0.05, 0.1) is 11.4 Å². The lowest BCUT2D eigenvalue weighted by Crippen LogP contribution is -1.92. The minimum absolute atomic E-state index is 0.233. The first-order valence-corrected chi connectivity index (χ1v) is 3.58. The maximum absolute atomic E-state index is 10.8. The van der Waals surface area contributed by atoms with Gasteiger partial charge in [-0.25, -0.2) is 4.98 Å². The summed E-state index contributed by atoms with van der Waals surface area (Å²) in [5.74, 6) is 0. The lowest BCUT2D eigenvalue weighted by atomic mass is 10.3. The second kappa shape index (κ2) is 2.70. The third kappa shape index (κ3) is 1.16. The van der Waals surface area contributed by atoms with E-state index in [1.165, 1.54) is 6.07 Å². The van der Waals surface area contributed by atoms with E-state index in [0.29, 0.717) is 11.4 Å². The maximum Gasteiger partial charge on any atom is 0.272 e. The van der Waals surface area contributed by atoms with Gasteiger partial charge < -0.3 is 0 Å². The molecule has 0 unspecified atom stereocenters. The zero-order chi connectivity index (χ0) is 8.39. The van der Waals surface area contributed by atoms with Crippen LogP contribution in [0.25, 0.3) is 11.4 Å². The molecule has 2 aliphatic rings. The Kier molecular flexibility index (Phi) is 1.55. The SMILES string of the molecule is O=c1cc2ncccccc-2n1. The zero-order valence-electron chi connectivity index (χ0n) is 6.27. The van der Waals surface area contributed by atoms with E-state index in [1.807, 2.05) is 12.1 Å². The highest BCUT2D eigenvalue weighted by molar-refractivity contribution is 5.54. The van der Waals surface area contributed by atoms with E-state index >= 15 is 0 Å². The van der Waals surface area contributed by atoms with Crippen molar-refractivity contribution in [2.45, 2.75) is 0 Å². The van der Waals surface area contributed by atoms with Crippen LogP contribution >= 0.6 is 0 Å². The fraction of sp³-hybridized carbons (Fsp3) is 0. The van der Waals surface area contributed by atoms with Gasteiger partial charge in [0.2, 0.25) is 0 Å². The average molecular weight is 158 g/mol. The van der Waals surface area contributed by atoms with Gasteiger partial charge >= 0.3 is 0 Å². The van der Waals surface area contributed by atoms with Gasteiger partial charge in [-0.3, -0.25) is 9.78 Å². The van der Waals surface area contributed by atoms with Crippen LogP contribution in [-0.4, -0.2) is 9.97 Å². The number of hydrogen-bond donors (Lipinski definition) is 0. The van der Waals surface area contributed by atoms with Crippen molar-refractivity contribution in [3.63, 3.8) is 0 Å². The monoisotopic (exact) mass is 158 g/mol. The van der Waals surface area contributed by atoms with Crippen LogP contribution in [0.3, 0.4) is 0 Å². The number of hydrogen-bond acceptors (Lipinski definition) is 3. The Morgan fingerprint density at radius 1 is 1.08 bits per heavy atom. The van der Waals surface area contributed by atoms with E-state index in [-0.39, 0.29) is 5.56 Å². The van der Waals surface area contributed by atoms with Crippen molar-refractivity contribution < 1.29 is 0 Å². The topological polar surface area (TPSA) is 42.9 Å². The summed E-state index contributed by atoms with van der Waals surface area (Å²) in [6.45, 7) is 0. The third-order valence-electron chi connectivity index (χ3n) is 1.53. The molecule has 0 bridgehead atoms. The molecule has 0 aliphatic carbocycles. The molecule has 0 aromatic carbocycles. The molecule has 0 fully saturated rings. The molecule has 0 saturated heterocycles. The Bertz CT molecular complexity index is 389. The molecule has 2 heterocycles. The summed E-state index contributed by atoms with van der Waals surface area (Å²) < 4.78 is 0. The third-order valence-corrected chi connectivity index (χ3v) is 1.53. The Labute approximate surface area is 69.1 Å². The smallest absolute Gasteiger partial charge is 0.267 e. The zero-order valence-corrected chi connectivity index (χ0v) is 6.27. The van der Waals surface area contributed by atoms with Gasteiger partial charge in [0.15, 0.2) is 0 Å². The Morgan fingerprint density at radius 3 is 2.92 bits per heavy atom. The summed E-state index contributed by atoms with van der Waals surface area (Å²) in [5, 5.41) is 0. The summed E-state index contributed by atoms with van der Waals surface area (Å²) >= 11 is 0. The summed E-state index contributed by atoms with van der Waals surface area (Å²) in [6, 6.07) is 8.66. The van der Waals surface area contributed by atoms with E-state index < -0.39 is 0 Å². The normalized spacial score (nSPS) is 10.0. The maximum atomic E-state index is 10.8.